The van der Waals surface area contributed by atoms with Gasteiger partial charge in [-0.3, -0.25) is 15.4 Å². The van der Waals surface area contributed by atoms with Gasteiger partial charge < -0.3 is 0 Å². The third kappa shape index (κ3) is 24.6. The van der Waals surface area contributed by atoms with Gasteiger partial charge in [0.1, 0.15) is 6.34 Å². The van der Waals surface area contributed by atoms with Gasteiger partial charge in [-0.25, -0.2) is 0 Å². The Balaban J connectivity index is 0. The quantitative estimate of drug-likeness (QED) is 0.279. The molecule has 1 aliphatic rings. The van der Waals surface area contributed by atoms with Gasteiger partial charge in [-0.05, 0) is 37.7 Å². The number of hydrazone groups is 1. The molecule has 0 atom stereocenters. The van der Waals surface area contributed by atoms with Crippen LogP contribution in [0.25, 0.3) is 0 Å². The molecule has 0 saturated heterocycles. The van der Waals surface area contributed by atoms with Gasteiger partial charge in [-0.2, -0.15) is 16.9 Å². The predicted molar refractivity (Wildman–Crippen MR) is 118 cm³/mol. The van der Waals surface area contributed by atoms with E-state index in [1.165, 1.54) is 18.4 Å². The Labute approximate surface area is 159 Å². The summed E-state index contributed by atoms with van der Waals surface area (Å²) in [6, 6.07) is 0.561. The molecular weight excluding hydrogens is 328 g/mol. The van der Waals surface area contributed by atoms with Crippen LogP contribution in [-0.4, -0.2) is 43.4 Å². The van der Waals surface area contributed by atoms with Gasteiger partial charge in [0.2, 0.25) is 0 Å². The van der Waals surface area contributed by atoms with Crippen LogP contribution in [0.3, 0.4) is 0 Å². The summed E-state index contributed by atoms with van der Waals surface area (Å²) in [6.07, 6.45) is 19.0. The highest BCUT2D eigenvalue weighted by molar-refractivity contribution is 7.99. The Morgan fingerprint density at radius 1 is 1.32 bits per heavy atom. The molecule has 0 aromatic rings. The molecule has 0 aromatic heterocycles. The van der Waals surface area contributed by atoms with Crippen LogP contribution in [0.5, 0.6) is 0 Å². The van der Waals surface area contributed by atoms with Crippen molar-refractivity contribution in [3.05, 3.63) is 23.8 Å². The Hall–Kier alpha value is -1.80. The van der Waals surface area contributed by atoms with Crippen molar-refractivity contribution in [1.82, 2.24) is 5.43 Å². The number of hydrogen-bond donors (Lipinski definition) is 1. The molecule has 0 aliphatic heterocycles. The molecule has 1 aliphatic carbocycles. The summed E-state index contributed by atoms with van der Waals surface area (Å²) in [5.74, 6) is 4.72. The first-order valence-corrected chi connectivity index (χ1v) is 9.94. The molecular formula is C20H34N4S. The molecule has 25 heavy (non-hydrogen) atoms. The first-order valence-electron chi connectivity index (χ1n) is 8.79. The van der Waals surface area contributed by atoms with E-state index in [2.05, 4.69) is 40.3 Å². The summed E-state index contributed by atoms with van der Waals surface area (Å²) < 4.78 is 0. The second-order valence-corrected chi connectivity index (χ2v) is 6.08. The van der Waals surface area contributed by atoms with E-state index in [1.807, 2.05) is 43.8 Å². The second kappa shape index (κ2) is 22.2. The highest BCUT2D eigenvalue weighted by Crippen LogP contribution is 2.22. The SMILES string of the molecule is C#CC/C=C\C=NC.CC.CCSC/C(C)=C/C=N/NC=NC1CC1. The van der Waals surface area contributed by atoms with Crippen LogP contribution in [0.15, 0.2) is 38.9 Å². The number of allylic oxidation sites excluding steroid dienone is 3. The van der Waals surface area contributed by atoms with Gasteiger partial charge in [0.15, 0.2) is 0 Å². The molecule has 0 heterocycles. The molecule has 0 bridgehead atoms. The number of nitrogens with zero attached hydrogens (tertiary/aromatic N) is 3. The molecule has 0 amide bonds. The van der Waals surface area contributed by atoms with Gasteiger partial charge in [-0.15, -0.1) is 12.3 Å². The molecule has 4 nitrogen and oxygen atoms in total. The van der Waals surface area contributed by atoms with Crippen LogP contribution in [0, 0.1) is 12.3 Å². The highest BCUT2D eigenvalue weighted by atomic mass is 32.2. The first kappa shape index (κ1) is 25.4. The van der Waals surface area contributed by atoms with E-state index < -0.39 is 0 Å². The molecule has 5 heteroatoms. The summed E-state index contributed by atoms with van der Waals surface area (Å²) >= 11 is 1.92. The summed E-state index contributed by atoms with van der Waals surface area (Å²) in [4.78, 5) is 7.95. The number of terminal acetylenes is 1. The fourth-order valence-corrected chi connectivity index (χ4v) is 1.82. The lowest BCUT2D eigenvalue weighted by Gasteiger charge is -1.95. The molecule has 1 fully saturated rings. The lowest BCUT2D eigenvalue weighted by Crippen LogP contribution is -2.01. The van der Waals surface area contributed by atoms with Crippen molar-refractivity contribution in [2.45, 2.75) is 53.0 Å². The topological polar surface area (TPSA) is 49.1 Å². The van der Waals surface area contributed by atoms with Crippen LogP contribution < -0.4 is 5.43 Å². The molecule has 0 spiro atoms. The molecule has 140 valence electrons. The Morgan fingerprint density at radius 2 is 2.04 bits per heavy atom. The Morgan fingerprint density at radius 3 is 2.60 bits per heavy atom. The van der Waals surface area contributed by atoms with Crippen molar-refractivity contribution >= 4 is 30.5 Å². The molecule has 0 unspecified atom stereocenters. The zero-order chi connectivity index (χ0) is 19.2. The minimum absolute atomic E-state index is 0.561. The van der Waals surface area contributed by atoms with Crippen molar-refractivity contribution in [2.24, 2.45) is 15.1 Å². The van der Waals surface area contributed by atoms with E-state index in [0.717, 1.165) is 11.5 Å². The van der Waals surface area contributed by atoms with E-state index >= 15 is 0 Å². The fourth-order valence-electron chi connectivity index (χ4n) is 1.20. The van der Waals surface area contributed by atoms with Crippen molar-refractivity contribution < 1.29 is 0 Å². The molecule has 1 rings (SSSR count). The van der Waals surface area contributed by atoms with Gasteiger partial charge in [0.05, 0.1) is 6.04 Å². The largest absolute Gasteiger partial charge is 0.297 e. The van der Waals surface area contributed by atoms with Crippen LogP contribution in [0.1, 0.15) is 47.0 Å². The molecule has 1 saturated carbocycles. The lowest BCUT2D eigenvalue weighted by molar-refractivity contribution is 1.00. The number of aliphatic imine (C=N–C) groups is 2. The van der Waals surface area contributed by atoms with Crippen molar-refractivity contribution in [1.29, 1.82) is 0 Å². The van der Waals surface area contributed by atoms with Crippen LogP contribution in [-0.2, 0) is 0 Å². The van der Waals surface area contributed by atoms with Crippen LogP contribution in [0.4, 0.5) is 0 Å². The standard InChI is InChI=1S/C11H19N3S.C7H9N.C2H6/c1-3-15-8-10(2)6-7-13-14-9-12-11-4-5-11;1-3-4-5-6-7-8-2;1-2/h6-7,9,11H,3-5,8H2,1-2H3,(H,12,14);1,5-7H,4H2,2H3;1-2H3/b10-6+,13-7+;6-5-,8-7?;. The fraction of sp³-hybridized carbons (Fsp3) is 0.550. The molecule has 1 N–H and O–H groups in total. The molecule has 0 aromatic carbocycles. The minimum Gasteiger partial charge on any atom is -0.297 e. The zero-order valence-corrected chi connectivity index (χ0v) is 17.2. The van der Waals surface area contributed by atoms with E-state index in [-0.39, 0.29) is 0 Å². The van der Waals surface area contributed by atoms with Gasteiger partial charge >= 0.3 is 0 Å². The van der Waals surface area contributed by atoms with E-state index in [4.69, 9.17) is 6.42 Å². The Kier molecular flexibility index (Phi) is 22.6. The van der Waals surface area contributed by atoms with Gasteiger partial charge in [0.25, 0.3) is 0 Å². The Bertz CT molecular complexity index is 467. The second-order valence-electron chi connectivity index (χ2n) is 4.81. The number of hydrogen-bond acceptors (Lipinski definition) is 4. The number of thioether (sulfide) groups is 1. The summed E-state index contributed by atoms with van der Waals surface area (Å²) in [5.41, 5.74) is 4.13. The van der Waals surface area contributed by atoms with E-state index in [0.29, 0.717) is 12.5 Å². The van der Waals surface area contributed by atoms with Crippen molar-refractivity contribution in [2.75, 3.05) is 18.6 Å². The van der Waals surface area contributed by atoms with Crippen LogP contribution in [0.2, 0.25) is 0 Å². The average molecular weight is 363 g/mol. The zero-order valence-electron chi connectivity index (χ0n) is 16.4. The average Bonchev–Trinajstić information content (AvgIpc) is 3.46. The number of rotatable bonds is 9. The van der Waals surface area contributed by atoms with Gasteiger partial charge in [0, 0.05) is 31.7 Å². The summed E-state index contributed by atoms with van der Waals surface area (Å²) in [5, 5.41) is 4.01. The van der Waals surface area contributed by atoms with Crippen molar-refractivity contribution in [3.8, 4) is 12.3 Å². The number of nitrogens with one attached hydrogen (secondary N) is 1. The van der Waals surface area contributed by atoms with E-state index in [9.17, 15) is 0 Å². The predicted octanol–water partition coefficient (Wildman–Crippen LogP) is 4.74. The normalized spacial score (nSPS) is 14.3. The maximum absolute atomic E-state index is 4.96. The maximum Gasteiger partial charge on any atom is 0.103 e. The minimum atomic E-state index is 0.561. The summed E-state index contributed by atoms with van der Waals surface area (Å²) in [7, 11) is 1.72. The van der Waals surface area contributed by atoms with Crippen LogP contribution >= 0.6 is 11.8 Å². The highest BCUT2D eigenvalue weighted by Gasteiger charge is 2.18. The van der Waals surface area contributed by atoms with Gasteiger partial charge in [-0.1, -0.05) is 32.4 Å². The van der Waals surface area contributed by atoms with E-state index in [1.54, 1.807) is 25.8 Å². The third-order valence-electron chi connectivity index (χ3n) is 2.54. The van der Waals surface area contributed by atoms with Crippen molar-refractivity contribution in [3.63, 3.8) is 0 Å². The molecule has 0 radical (unpaired) electrons. The first-order chi connectivity index (χ1) is 12.2. The lowest BCUT2D eigenvalue weighted by atomic mass is 10.3. The maximum atomic E-state index is 4.96. The monoisotopic (exact) mass is 362 g/mol. The summed E-state index contributed by atoms with van der Waals surface area (Å²) in [6.45, 7) is 8.29. The third-order valence-corrected chi connectivity index (χ3v) is 3.61. The smallest absolute Gasteiger partial charge is 0.103 e.